The van der Waals surface area contributed by atoms with Crippen LogP contribution in [0.5, 0.6) is 0 Å². The van der Waals surface area contributed by atoms with Crippen molar-refractivity contribution < 1.29 is 18.8 Å². The van der Waals surface area contributed by atoms with Gasteiger partial charge in [0.05, 0.1) is 11.2 Å². The molecule has 4 aliphatic carbocycles. The molecule has 0 spiro atoms. The highest BCUT2D eigenvalue weighted by atomic mass is 16.7. The summed E-state index contributed by atoms with van der Waals surface area (Å²) in [5.41, 5.74) is 2.80. The SMILES string of the molecule is CC(=O)O[C@H]1CC[C@@]2(C)C(=CC[C@@H]3[C@@H]2CC[C@]2(C)C(B4OC(C)(C)C(C)(C)O4)=CC[C@@H]32)C1. The highest BCUT2D eigenvalue weighted by molar-refractivity contribution is 6.55. The predicted molar refractivity (Wildman–Crippen MR) is 127 cm³/mol. The van der Waals surface area contributed by atoms with Crippen LogP contribution >= 0.6 is 0 Å². The van der Waals surface area contributed by atoms with Crippen LogP contribution < -0.4 is 0 Å². The predicted octanol–water partition coefficient (Wildman–Crippen LogP) is 6.05. The van der Waals surface area contributed by atoms with Gasteiger partial charge in [0, 0.05) is 13.3 Å². The first-order valence-electron chi connectivity index (χ1n) is 12.8. The Balaban J connectivity index is 1.37. The Morgan fingerprint density at radius 3 is 2.25 bits per heavy atom. The summed E-state index contributed by atoms with van der Waals surface area (Å²) in [6.45, 7) is 15.1. The average molecular weight is 440 g/mol. The lowest BCUT2D eigenvalue weighted by Crippen LogP contribution is -2.51. The summed E-state index contributed by atoms with van der Waals surface area (Å²) in [6.07, 6.45) is 12.9. The van der Waals surface area contributed by atoms with Gasteiger partial charge in [0.25, 0.3) is 0 Å². The summed E-state index contributed by atoms with van der Waals surface area (Å²) < 4.78 is 18.6. The molecule has 5 rings (SSSR count). The fourth-order valence-electron chi connectivity index (χ4n) is 7.90. The Morgan fingerprint density at radius 1 is 0.938 bits per heavy atom. The smallest absolute Gasteiger partial charge is 0.462 e. The number of hydrogen-bond donors (Lipinski definition) is 0. The van der Waals surface area contributed by atoms with Crippen molar-refractivity contribution in [3.05, 3.63) is 23.2 Å². The van der Waals surface area contributed by atoms with Gasteiger partial charge in [-0.3, -0.25) is 4.79 Å². The molecule has 0 aromatic carbocycles. The summed E-state index contributed by atoms with van der Waals surface area (Å²) in [5.74, 6) is 1.96. The number of rotatable bonds is 2. The standard InChI is InChI=1S/C27H41BO4/c1-17(29)30-19-12-14-26(6)18(16-19)8-9-20-21-10-11-23(27(21,7)15-13-22(20)26)28-31-24(2,3)25(4,5)32-28/h8,11,19-22H,9-10,12-16H2,1-7H3/t19-,20-,21-,22-,26-,27-/m0/s1. The van der Waals surface area contributed by atoms with Gasteiger partial charge >= 0.3 is 13.1 Å². The summed E-state index contributed by atoms with van der Waals surface area (Å²) >= 11 is 0. The molecule has 1 heterocycles. The second kappa shape index (κ2) is 7.22. The van der Waals surface area contributed by atoms with Crippen LogP contribution in [-0.2, 0) is 18.8 Å². The summed E-state index contributed by atoms with van der Waals surface area (Å²) in [4.78, 5) is 11.5. The Kier molecular flexibility index (Phi) is 5.12. The third-order valence-electron chi connectivity index (χ3n) is 10.5. The fraction of sp³-hybridized carbons (Fsp3) is 0.815. The second-order valence-corrected chi connectivity index (χ2v) is 12.7. The van der Waals surface area contributed by atoms with Crippen molar-refractivity contribution in [2.45, 2.75) is 111 Å². The van der Waals surface area contributed by atoms with E-state index in [1.165, 1.54) is 25.2 Å². The van der Waals surface area contributed by atoms with E-state index in [1.54, 1.807) is 5.57 Å². The summed E-state index contributed by atoms with van der Waals surface area (Å²) in [6, 6.07) is 0. The molecular formula is C27H41BO4. The van der Waals surface area contributed by atoms with E-state index in [0.717, 1.165) is 38.0 Å². The topological polar surface area (TPSA) is 44.8 Å². The number of hydrogen-bond acceptors (Lipinski definition) is 4. The average Bonchev–Trinajstić information content (AvgIpc) is 3.14. The number of carbonyl (C=O) groups is 1. The highest BCUT2D eigenvalue weighted by Crippen LogP contribution is 2.65. The maximum Gasteiger partial charge on any atom is 0.490 e. The molecular weight excluding hydrogens is 399 g/mol. The van der Waals surface area contributed by atoms with Crippen LogP contribution in [0.15, 0.2) is 23.2 Å². The molecule has 0 N–H and O–H groups in total. The summed E-state index contributed by atoms with van der Waals surface area (Å²) in [7, 11) is -0.212. The molecule has 0 unspecified atom stereocenters. The van der Waals surface area contributed by atoms with Crippen LogP contribution in [0.2, 0.25) is 0 Å². The van der Waals surface area contributed by atoms with Crippen molar-refractivity contribution >= 4 is 13.1 Å². The van der Waals surface area contributed by atoms with Crippen LogP contribution in [0.3, 0.4) is 0 Å². The van der Waals surface area contributed by atoms with Crippen molar-refractivity contribution in [3.8, 4) is 0 Å². The van der Waals surface area contributed by atoms with E-state index in [4.69, 9.17) is 14.0 Å². The third-order valence-corrected chi connectivity index (χ3v) is 10.5. The molecule has 0 aromatic rings. The van der Waals surface area contributed by atoms with Gasteiger partial charge in [0.2, 0.25) is 0 Å². The van der Waals surface area contributed by atoms with Crippen LogP contribution in [-0.4, -0.2) is 30.4 Å². The van der Waals surface area contributed by atoms with Gasteiger partial charge < -0.3 is 14.0 Å². The van der Waals surface area contributed by atoms with Crippen LogP contribution in [0.4, 0.5) is 0 Å². The summed E-state index contributed by atoms with van der Waals surface area (Å²) in [5, 5.41) is 0. The second-order valence-electron chi connectivity index (χ2n) is 12.7. The zero-order valence-electron chi connectivity index (χ0n) is 21.1. The number of allylic oxidation sites excluding steroid dienone is 3. The van der Waals surface area contributed by atoms with Crippen LogP contribution in [0, 0.1) is 28.6 Å². The van der Waals surface area contributed by atoms with Crippen LogP contribution in [0.1, 0.15) is 93.4 Å². The van der Waals surface area contributed by atoms with E-state index in [1.807, 2.05) is 0 Å². The quantitative estimate of drug-likeness (QED) is 0.298. The minimum atomic E-state index is -0.291. The molecule has 5 heteroatoms. The molecule has 2 saturated carbocycles. The van der Waals surface area contributed by atoms with E-state index < -0.39 is 0 Å². The zero-order chi connectivity index (χ0) is 23.1. The Hall–Kier alpha value is -1.07. The lowest BCUT2D eigenvalue weighted by molar-refractivity contribution is -0.148. The first kappa shape index (κ1) is 22.7. The van der Waals surface area contributed by atoms with Crippen molar-refractivity contribution in [3.63, 3.8) is 0 Å². The molecule has 1 aliphatic heterocycles. The third kappa shape index (κ3) is 3.21. The largest absolute Gasteiger partial charge is 0.490 e. The van der Waals surface area contributed by atoms with E-state index >= 15 is 0 Å². The maximum absolute atomic E-state index is 11.5. The molecule has 0 amide bonds. The van der Waals surface area contributed by atoms with Crippen molar-refractivity contribution in [1.82, 2.24) is 0 Å². The molecule has 4 nitrogen and oxygen atoms in total. The van der Waals surface area contributed by atoms with E-state index in [0.29, 0.717) is 11.8 Å². The lowest BCUT2D eigenvalue weighted by Gasteiger charge is -2.58. The van der Waals surface area contributed by atoms with E-state index in [2.05, 4.69) is 53.7 Å². The molecule has 0 bridgehead atoms. The van der Waals surface area contributed by atoms with Gasteiger partial charge in [-0.05, 0) is 100 Å². The Morgan fingerprint density at radius 2 is 1.59 bits per heavy atom. The molecule has 5 aliphatic rings. The first-order chi connectivity index (χ1) is 14.9. The van der Waals surface area contributed by atoms with Gasteiger partial charge in [-0.25, -0.2) is 0 Å². The highest BCUT2D eigenvalue weighted by Gasteiger charge is 2.61. The lowest BCUT2D eigenvalue weighted by atomic mass is 9.45. The fourth-order valence-corrected chi connectivity index (χ4v) is 7.90. The molecule has 3 fully saturated rings. The van der Waals surface area contributed by atoms with Gasteiger partial charge in [-0.2, -0.15) is 0 Å². The molecule has 6 atom stereocenters. The van der Waals surface area contributed by atoms with E-state index in [-0.39, 0.29) is 41.2 Å². The van der Waals surface area contributed by atoms with Gasteiger partial charge in [0.15, 0.2) is 0 Å². The minimum Gasteiger partial charge on any atom is -0.462 e. The number of fused-ring (bicyclic) bond motifs is 5. The number of ether oxygens (including phenoxy) is 1. The number of esters is 1. The zero-order valence-corrected chi connectivity index (χ0v) is 21.1. The molecule has 0 radical (unpaired) electrons. The van der Waals surface area contributed by atoms with Gasteiger partial charge in [-0.15, -0.1) is 0 Å². The molecule has 1 saturated heterocycles. The molecule has 0 aromatic heterocycles. The molecule has 176 valence electrons. The number of carbonyl (C=O) groups excluding carboxylic acids is 1. The normalized spacial score (nSPS) is 44.2. The van der Waals surface area contributed by atoms with E-state index in [9.17, 15) is 4.79 Å². The molecule has 32 heavy (non-hydrogen) atoms. The van der Waals surface area contributed by atoms with Gasteiger partial charge in [-0.1, -0.05) is 31.6 Å². The van der Waals surface area contributed by atoms with Gasteiger partial charge in [0.1, 0.15) is 6.10 Å². The van der Waals surface area contributed by atoms with Crippen molar-refractivity contribution in [1.29, 1.82) is 0 Å². The van der Waals surface area contributed by atoms with Crippen LogP contribution in [0.25, 0.3) is 0 Å². The van der Waals surface area contributed by atoms with Crippen molar-refractivity contribution in [2.24, 2.45) is 28.6 Å². The minimum absolute atomic E-state index is 0.0698. The Bertz CT molecular complexity index is 857. The first-order valence-corrected chi connectivity index (χ1v) is 12.8. The Labute approximate surface area is 194 Å². The monoisotopic (exact) mass is 440 g/mol. The maximum atomic E-state index is 11.5. The van der Waals surface area contributed by atoms with Crippen molar-refractivity contribution in [2.75, 3.05) is 0 Å².